The van der Waals surface area contributed by atoms with Gasteiger partial charge < -0.3 is 15.1 Å². The van der Waals surface area contributed by atoms with E-state index >= 15 is 0 Å². The van der Waals surface area contributed by atoms with Gasteiger partial charge in [0.05, 0.1) is 17.4 Å². The Labute approximate surface area is 198 Å². The molecule has 0 spiro atoms. The van der Waals surface area contributed by atoms with Crippen molar-refractivity contribution >= 4 is 28.4 Å². The fraction of sp³-hybridized carbons (Fsp3) is 0.320. The Morgan fingerprint density at radius 2 is 1.91 bits per heavy atom. The highest BCUT2D eigenvalue weighted by Gasteiger charge is 2.22. The van der Waals surface area contributed by atoms with E-state index < -0.39 is 0 Å². The maximum Gasteiger partial charge on any atom is 0.257 e. The molecule has 0 saturated carbocycles. The standard InChI is InChI=1S/C25H28N8O/c1-31-10-7-20(8-11-31)33(3)24-12-17(6-9-26-24)25(34)30-23-13-22-18(14-27-23)4-5-21(29-22)19-15-28-32(2)16-19/h4-6,9,12-16,20H,7-8,10-11H2,1-3H3,(H,27,30,34). The van der Waals surface area contributed by atoms with Crippen LogP contribution in [0.25, 0.3) is 22.2 Å². The molecular formula is C25H28N8O. The molecule has 1 saturated heterocycles. The summed E-state index contributed by atoms with van der Waals surface area (Å²) in [5.41, 5.74) is 3.05. The molecule has 1 amide bonds. The summed E-state index contributed by atoms with van der Waals surface area (Å²) in [6.07, 6.45) is 9.27. The molecular weight excluding hydrogens is 428 g/mol. The number of fused-ring (bicyclic) bond motifs is 1. The van der Waals surface area contributed by atoms with Crippen molar-refractivity contribution in [3.05, 3.63) is 60.7 Å². The lowest BCUT2D eigenvalue weighted by molar-refractivity contribution is 0.102. The Balaban J connectivity index is 1.33. The molecule has 1 N–H and O–H groups in total. The number of rotatable bonds is 5. The van der Waals surface area contributed by atoms with Crippen molar-refractivity contribution in [2.45, 2.75) is 18.9 Å². The second-order valence-electron chi connectivity index (χ2n) is 8.86. The van der Waals surface area contributed by atoms with Crippen LogP contribution in [0.4, 0.5) is 11.6 Å². The second kappa shape index (κ2) is 9.18. The van der Waals surface area contributed by atoms with Crippen LogP contribution in [-0.4, -0.2) is 68.8 Å². The summed E-state index contributed by atoms with van der Waals surface area (Å²) in [5, 5.41) is 8.02. The number of pyridine rings is 3. The van der Waals surface area contributed by atoms with Gasteiger partial charge in [0.2, 0.25) is 0 Å². The number of anilines is 2. The summed E-state index contributed by atoms with van der Waals surface area (Å²) in [7, 11) is 6.07. The van der Waals surface area contributed by atoms with E-state index in [1.54, 1.807) is 35.4 Å². The topological polar surface area (TPSA) is 92.1 Å². The van der Waals surface area contributed by atoms with Crippen LogP contribution >= 0.6 is 0 Å². The zero-order valence-electron chi connectivity index (χ0n) is 19.6. The minimum Gasteiger partial charge on any atom is -0.357 e. The highest BCUT2D eigenvalue weighted by Crippen LogP contribution is 2.23. The van der Waals surface area contributed by atoms with Crippen molar-refractivity contribution in [3.63, 3.8) is 0 Å². The van der Waals surface area contributed by atoms with Crippen LogP contribution in [0, 0.1) is 0 Å². The molecule has 0 radical (unpaired) electrons. The van der Waals surface area contributed by atoms with Gasteiger partial charge in [-0.1, -0.05) is 0 Å². The van der Waals surface area contributed by atoms with Gasteiger partial charge in [-0.15, -0.1) is 0 Å². The minimum atomic E-state index is -0.226. The molecule has 9 nitrogen and oxygen atoms in total. The average Bonchev–Trinajstić information content (AvgIpc) is 3.30. The summed E-state index contributed by atoms with van der Waals surface area (Å²) in [5.74, 6) is 1.03. The van der Waals surface area contributed by atoms with Crippen LogP contribution < -0.4 is 10.2 Å². The molecule has 5 rings (SSSR count). The number of nitrogens with one attached hydrogen (secondary N) is 1. The third kappa shape index (κ3) is 4.60. The monoisotopic (exact) mass is 456 g/mol. The Morgan fingerprint density at radius 1 is 1.09 bits per heavy atom. The summed E-state index contributed by atoms with van der Waals surface area (Å²) < 4.78 is 1.74. The van der Waals surface area contributed by atoms with Gasteiger partial charge in [-0.2, -0.15) is 5.10 Å². The van der Waals surface area contributed by atoms with Gasteiger partial charge in [0.15, 0.2) is 0 Å². The van der Waals surface area contributed by atoms with Gasteiger partial charge in [-0.3, -0.25) is 9.48 Å². The highest BCUT2D eigenvalue weighted by atomic mass is 16.1. The van der Waals surface area contributed by atoms with Crippen molar-refractivity contribution in [1.29, 1.82) is 0 Å². The lowest BCUT2D eigenvalue weighted by Gasteiger charge is -2.35. The first-order chi connectivity index (χ1) is 16.5. The minimum absolute atomic E-state index is 0.226. The van der Waals surface area contributed by atoms with Gasteiger partial charge in [-0.25, -0.2) is 15.0 Å². The van der Waals surface area contributed by atoms with Crippen LogP contribution in [-0.2, 0) is 7.05 Å². The van der Waals surface area contributed by atoms with Crippen molar-refractivity contribution in [2.24, 2.45) is 7.05 Å². The van der Waals surface area contributed by atoms with Crippen LogP contribution in [0.5, 0.6) is 0 Å². The number of hydrogen-bond acceptors (Lipinski definition) is 7. The number of nitrogens with zero attached hydrogens (tertiary/aromatic N) is 7. The van der Waals surface area contributed by atoms with E-state index in [9.17, 15) is 4.79 Å². The van der Waals surface area contributed by atoms with Crippen LogP contribution in [0.3, 0.4) is 0 Å². The molecule has 5 heterocycles. The summed E-state index contributed by atoms with van der Waals surface area (Å²) in [6.45, 7) is 2.14. The quantitative estimate of drug-likeness (QED) is 0.493. The van der Waals surface area contributed by atoms with Crippen molar-refractivity contribution in [2.75, 3.05) is 37.4 Å². The van der Waals surface area contributed by atoms with Crippen molar-refractivity contribution in [3.8, 4) is 11.3 Å². The van der Waals surface area contributed by atoms with E-state index in [1.165, 1.54) is 0 Å². The Morgan fingerprint density at radius 3 is 2.68 bits per heavy atom. The normalized spacial score (nSPS) is 14.9. The second-order valence-corrected chi connectivity index (χ2v) is 8.86. The van der Waals surface area contributed by atoms with E-state index in [0.29, 0.717) is 17.4 Å². The van der Waals surface area contributed by atoms with Crippen LogP contribution in [0.15, 0.2) is 55.1 Å². The molecule has 0 aliphatic carbocycles. The fourth-order valence-electron chi connectivity index (χ4n) is 4.31. The third-order valence-corrected chi connectivity index (χ3v) is 6.42. The average molecular weight is 457 g/mol. The summed E-state index contributed by atoms with van der Waals surface area (Å²) in [6, 6.07) is 9.69. The molecule has 0 atom stereocenters. The zero-order chi connectivity index (χ0) is 23.7. The molecule has 1 fully saturated rings. The Kier molecular flexibility index (Phi) is 5.93. The van der Waals surface area contributed by atoms with Gasteiger partial charge in [0.25, 0.3) is 5.91 Å². The first-order valence-electron chi connectivity index (χ1n) is 11.4. The van der Waals surface area contributed by atoms with Crippen LogP contribution in [0.1, 0.15) is 23.2 Å². The molecule has 174 valence electrons. The van der Waals surface area contributed by atoms with Crippen molar-refractivity contribution in [1.82, 2.24) is 29.6 Å². The SMILES string of the molecule is CN1CCC(N(C)c2cc(C(=O)Nc3cc4nc(-c5cnn(C)c5)ccc4cn3)ccn2)CC1. The van der Waals surface area contributed by atoms with Gasteiger partial charge in [0.1, 0.15) is 11.6 Å². The molecule has 0 aromatic carbocycles. The number of aromatic nitrogens is 5. The first-order valence-corrected chi connectivity index (χ1v) is 11.4. The summed E-state index contributed by atoms with van der Waals surface area (Å²) in [4.78, 5) is 31.2. The zero-order valence-corrected chi connectivity index (χ0v) is 19.6. The molecule has 9 heteroatoms. The maximum absolute atomic E-state index is 13.0. The van der Waals surface area contributed by atoms with Gasteiger partial charge in [-0.05, 0) is 57.2 Å². The first kappa shape index (κ1) is 22.0. The smallest absolute Gasteiger partial charge is 0.257 e. The lowest BCUT2D eigenvalue weighted by atomic mass is 10.0. The number of aryl methyl sites for hydroxylation is 1. The summed E-state index contributed by atoms with van der Waals surface area (Å²) >= 11 is 0. The van der Waals surface area contributed by atoms with Gasteiger partial charge in [0, 0.05) is 61.3 Å². The van der Waals surface area contributed by atoms with E-state index in [0.717, 1.165) is 53.9 Å². The van der Waals surface area contributed by atoms with Gasteiger partial charge >= 0.3 is 0 Å². The predicted octanol–water partition coefficient (Wildman–Crippen LogP) is 3.21. The number of amides is 1. The molecule has 1 aliphatic rings. The number of carbonyl (C=O) groups is 1. The van der Waals surface area contributed by atoms with E-state index in [-0.39, 0.29) is 5.91 Å². The predicted molar refractivity (Wildman–Crippen MR) is 133 cm³/mol. The molecule has 1 aliphatic heterocycles. The molecule has 0 bridgehead atoms. The number of hydrogen-bond donors (Lipinski definition) is 1. The van der Waals surface area contributed by atoms with Crippen LogP contribution in [0.2, 0.25) is 0 Å². The third-order valence-electron chi connectivity index (χ3n) is 6.42. The van der Waals surface area contributed by atoms with Crippen molar-refractivity contribution < 1.29 is 4.79 Å². The number of piperidine rings is 1. The molecule has 34 heavy (non-hydrogen) atoms. The Hall–Kier alpha value is -3.85. The largest absolute Gasteiger partial charge is 0.357 e. The number of likely N-dealkylation sites (tertiary alicyclic amines) is 1. The number of carbonyl (C=O) groups excluding carboxylic acids is 1. The highest BCUT2D eigenvalue weighted by molar-refractivity contribution is 6.04. The van der Waals surface area contributed by atoms with E-state index in [1.807, 2.05) is 31.4 Å². The maximum atomic E-state index is 13.0. The lowest BCUT2D eigenvalue weighted by Crippen LogP contribution is -2.42. The molecule has 4 aromatic rings. The fourth-order valence-corrected chi connectivity index (χ4v) is 4.31. The van der Waals surface area contributed by atoms with E-state index in [4.69, 9.17) is 4.98 Å². The Bertz CT molecular complexity index is 1330. The molecule has 4 aromatic heterocycles. The van der Waals surface area contributed by atoms with E-state index in [2.05, 4.69) is 44.3 Å². The molecule has 0 unspecified atom stereocenters.